The van der Waals surface area contributed by atoms with Gasteiger partial charge in [-0.15, -0.1) is 0 Å². The zero-order valence-electron chi connectivity index (χ0n) is 12.4. The Kier molecular flexibility index (Phi) is 4.85. The molecular weight excluding hydrogens is 240 g/mol. The van der Waals surface area contributed by atoms with Crippen molar-refractivity contribution >= 4 is 5.91 Å². The predicted octanol–water partition coefficient (Wildman–Crippen LogP) is 1.38. The Balaban J connectivity index is 1.86. The van der Waals surface area contributed by atoms with Gasteiger partial charge >= 0.3 is 0 Å². The number of aliphatic hydroxyl groups excluding tert-OH is 1. The number of hydrogen-bond acceptors (Lipinski definition) is 3. The molecule has 4 nitrogen and oxygen atoms in total. The average Bonchev–Trinajstić information content (AvgIpc) is 2.80. The van der Waals surface area contributed by atoms with Gasteiger partial charge in [-0.3, -0.25) is 9.69 Å². The van der Waals surface area contributed by atoms with Crippen LogP contribution in [0.4, 0.5) is 0 Å². The van der Waals surface area contributed by atoms with Crippen molar-refractivity contribution in [1.29, 1.82) is 0 Å². The molecule has 0 radical (unpaired) electrons. The summed E-state index contributed by atoms with van der Waals surface area (Å²) in [7, 11) is 0. The summed E-state index contributed by atoms with van der Waals surface area (Å²) in [6.07, 6.45) is 4.12. The van der Waals surface area contributed by atoms with Gasteiger partial charge in [-0.1, -0.05) is 26.7 Å². The summed E-state index contributed by atoms with van der Waals surface area (Å²) in [5.41, 5.74) is 0. The highest BCUT2D eigenvalue weighted by atomic mass is 16.3. The van der Waals surface area contributed by atoms with Crippen LogP contribution in [0.1, 0.15) is 46.5 Å². The van der Waals surface area contributed by atoms with Gasteiger partial charge in [0.15, 0.2) is 0 Å². The SMILES string of the molecule is CC1CCCC(NC(=O)C(C)N2CC[C@H](O)C2)C1C. The van der Waals surface area contributed by atoms with E-state index in [0.717, 1.165) is 19.4 Å². The van der Waals surface area contributed by atoms with Gasteiger partial charge in [0.25, 0.3) is 0 Å². The first-order chi connectivity index (χ1) is 8.99. The molecule has 0 spiro atoms. The summed E-state index contributed by atoms with van der Waals surface area (Å²) in [5, 5.41) is 12.8. The number of β-amino-alcohol motifs (C(OH)–C–C–N with tert-alkyl or cyclic N) is 1. The molecule has 1 aliphatic carbocycles. The number of likely N-dealkylation sites (tertiary alicyclic amines) is 1. The highest BCUT2D eigenvalue weighted by Crippen LogP contribution is 2.29. The smallest absolute Gasteiger partial charge is 0.237 e. The molecule has 0 bridgehead atoms. The van der Waals surface area contributed by atoms with Crippen molar-refractivity contribution in [3.8, 4) is 0 Å². The quantitative estimate of drug-likeness (QED) is 0.813. The van der Waals surface area contributed by atoms with Crippen LogP contribution in [0.15, 0.2) is 0 Å². The minimum Gasteiger partial charge on any atom is -0.392 e. The van der Waals surface area contributed by atoms with Gasteiger partial charge in [0, 0.05) is 19.1 Å². The minimum atomic E-state index is -0.260. The van der Waals surface area contributed by atoms with Crippen LogP contribution in [0.2, 0.25) is 0 Å². The van der Waals surface area contributed by atoms with Crippen molar-refractivity contribution < 1.29 is 9.90 Å². The summed E-state index contributed by atoms with van der Waals surface area (Å²) in [4.78, 5) is 14.4. The lowest BCUT2D eigenvalue weighted by atomic mass is 9.78. The Labute approximate surface area is 116 Å². The van der Waals surface area contributed by atoms with E-state index in [-0.39, 0.29) is 18.1 Å². The van der Waals surface area contributed by atoms with E-state index < -0.39 is 0 Å². The third kappa shape index (κ3) is 3.48. The fourth-order valence-electron chi connectivity index (χ4n) is 3.37. The Morgan fingerprint density at radius 1 is 1.32 bits per heavy atom. The molecule has 1 heterocycles. The first-order valence-electron chi connectivity index (χ1n) is 7.71. The van der Waals surface area contributed by atoms with E-state index in [1.54, 1.807) is 0 Å². The summed E-state index contributed by atoms with van der Waals surface area (Å²) in [6.45, 7) is 7.93. The first-order valence-corrected chi connectivity index (χ1v) is 7.71. The van der Waals surface area contributed by atoms with Gasteiger partial charge in [-0.2, -0.15) is 0 Å². The maximum Gasteiger partial charge on any atom is 0.237 e. The van der Waals surface area contributed by atoms with Crippen LogP contribution in [0, 0.1) is 11.8 Å². The second kappa shape index (κ2) is 6.23. The van der Waals surface area contributed by atoms with E-state index in [1.807, 2.05) is 6.92 Å². The van der Waals surface area contributed by atoms with Crippen LogP contribution in [0.3, 0.4) is 0 Å². The lowest BCUT2D eigenvalue weighted by molar-refractivity contribution is -0.127. The van der Waals surface area contributed by atoms with Crippen LogP contribution in [0.25, 0.3) is 0 Å². The Morgan fingerprint density at radius 2 is 2.05 bits per heavy atom. The van der Waals surface area contributed by atoms with Crippen molar-refractivity contribution in [1.82, 2.24) is 10.2 Å². The van der Waals surface area contributed by atoms with Crippen LogP contribution >= 0.6 is 0 Å². The molecule has 110 valence electrons. The van der Waals surface area contributed by atoms with E-state index in [0.29, 0.717) is 24.4 Å². The molecule has 0 aromatic carbocycles. The van der Waals surface area contributed by atoms with Crippen molar-refractivity contribution in [2.75, 3.05) is 13.1 Å². The maximum atomic E-state index is 12.3. The number of hydrogen-bond donors (Lipinski definition) is 2. The number of rotatable bonds is 3. The average molecular weight is 268 g/mol. The van der Waals surface area contributed by atoms with Crippen LogP contribution in [-0.2, 0) is 4.79 Å². The molecule has 2 fully saturated rings. The summed E-state index contributed by atoms with van der Waals surface area (Å²) in [6, 6.07) is 0.202. The topological polar surface area (TPSA) is 52.6 Å². The molecule has 2 rings (SSSR count). The number of aliphatic hydroxyl groups is 1. The Morgan fingerprint density at radius 3 is 2.68 bits per heavy atom. The molecule has 0 aromatic rings. The Hall–Kier alpha value is -0.610. The summed E-state index contributed by atoms with van der Waals surface area (Å²) < 4.78 is 0. The molecule has 5 atom stereocenters. The molecule has 2 N–H and O–H groups in total. The number of nitrogens with zero attached hydrogens (tertiary/aromatic N) is 1. The van der Waals surface area contributed by atoms with Crippen molar-refractivity contribution in [3.05, 3.63) is 0 Å². The summed E-state index contributed by atoms with van der Waals surface area (Å²) >= 11 is 0. The van der Waals surface area contributed by atoms with Gasteiger partial charge in [-0.05, 0) is 31.6 Å². The van der Waals surface area contributed by atoms with Gasteiger partial charge in [0.05, 0.1) is 12.1 Å². The van der Waals surface area contributed by atoms with Gasteiger partial charge < -0.3 is 10.4 Å². The van der Waals surface area contributed by atoms with Crippen LogP contribution < -0.4 is 5.32 Å². The number of amides is 1. The fraction of sp³-hybridized carbons (Fsp3) is 0.933. The molecule has 19 heavy (non-hydrogen) atoms. The second-order valence-electron chi connectivity index (χ2n) is 6.50. The third-order valence-electron chi connectivity index (χ3n) is 5.16. The molecule has 4 heteroatoms. The van der Waals surface area contributed by atoms with E-state index in [9.17, 15) is 9.90 Å². The molecule has 2 aliphatic rings. The first kappa shape index (κ1) is 14.8. The summed E-state index contributed by atoms with van der Waals surface area (Å²) in [5.74, 6) is 1.39. The van der Waals surface area contributed by atoms with Gasteiger partial charge in [-0.25, -0.2) is 0 Å². The highest BCUT2D eigenvalue weighted by Gasteiger charge is 2.32. The predicted molar refractivity (Wildman–Crippen MR) is 75.8 cm³/mol. The van der Waals surface area contributed by atoms with Crippen molar-refractivity contribution in [2.45, 2.75) is 64.6 Å². The second-order valence-corrected chi connectivity index (χ2v) is 6.50. The standard InChI is InChI=1S/C15H28N2O2/c1-10-5-4-6-14(11(10)2)16-15(19)12(3)17-8-7-13(18)9-17/h10-14,18H,4-9H2,1-3H3,(H,16,19)/t10?,11?,12?,13-,14?/m0/s1. The number of carbonyl (C=O) groups excluding carboxylic acids is 1. The highest BCUT2D eigenvalue weighted by molar-refractivity contribution is 5.81. The lowest BCUT2D eigenvalue weighted by Gasteiger charge is -2.36. The molecule has 4 unspecified atom stereocenters. The molecule has 1 saturated heterocycles. The largest absolute Gasteiger partial charge is 0.392 e. The van der Waals surface area contributed by atoms with Crippen molar-refractivity contribution in [2.24, 2.45) is 11.8 Å². The zero-order valence-corrected chi connectivity index (χ0v) is 12.4. The maximum absolute atomic E-state index is 12.3. The third-order valence-corrected chi connectivity index (χ3v) is 5.16. The monoisotopic (exact) mass is 268 g/mol. The van der Waals surface area contributed by atoms with Gasteiger partial charge in [0.2, 0.25) is 5.91 Å². The molecular formula is C15H28N2O2. The van der Waals surface area contributed by atoms with E-state index >= 15 is 0 Å². The van der Waals surface area contributed by atoms with E-state index in [4.69, 9.17) is 0 Å². The number of nitrogens with one attached hydrogen (secondary N) is 1. The van der Waals surface area contributed by atoms with Gasteiger partial charge in [0.1, 0.15) is 0 Å². The number of carbonyl (C=O) groups is 1. The molecule has 1 aliphatic heterocycles. The van der Waals surface area contributed by atoms with Crippen LogP contribution in [0.5, 0.6) is 0 Å². The van der Waals surface area contributed by atoms with Crippen LogP contribution in [-0.4, -0.2) is 47.2 Å². The Bertz CT molecular complexity index is 321. The zero-order chi connectivity index (χ0) is 14.0. The molecule has 0 aromatic heterocycles. The minimum absolute atomic E-state index is 0.124. The normalized spacial score (nSPS) is 38.1. The fourth-order valence-corrected chi connectivity index (χ4v) is 3.37. The van der Waals surface area contributed by atoms with E-state index in [2.05, 4.69) is 24.1 Å². The van der Waals surface area contributed by atoms with Crippen molar-refractivity contribution in [3.63, 3.8) is 0 Å². The molecule has 1 saturated carbocycles. The molecule has 1 amide bonds. The lowest BCUT2D eigenvalue weighted by Crippen LogP contribution is -2.51. The van der Waals surface area contributed by atoms with E-state index in [1.165, 1.54) is 12.8 Å².